The number of aryl methyl sites for hydroxylation is 1. The lowest BCUT2D eigenvalue weighted by molar-refractivity contribution is -0.392. The molecular weight excluding hydrogens is 720 g/mol. The van der Waals surface area contributed by atoms with Crippen molar-refractivity contribution in [2.24, 2.45) is 23.7 Å². The van der Waals surface area contributed by atoms with E-state index in [1.54, 1.807) is 54.6 Å². The summed E-state index contributed by atoms with van der Waals surface area (Å²) >= 11 is 0. The number of fused-ring (bicyclic) bond motifs is 4. The van der Waals surface area contributed by atoms with E-state index in [9.17, 15) is 39.7 Å². The number of hydrazine groups is 1. The van der Waals surface area contributed by atoms with Gasteiger partial charge in [-0.1, -0.05) is 71.8 Å². The molecule has 15 heteroatoms. The molecule has 0 unspecified atom stereocenters. The van der Waals surface area contributed by atoms with Crippen molar-refractivity contribution in [2.75, 3.05) is 29.3 Å². The smallest absolute Gasteiger partial charge is 0.301 e. The van der Waals surface area contributed by atoms with Crippen molar-refractivity contribution in [1.29, 1.82) is 0 Å². The van der Waals surface area contributed by atoms with Gasteiger partial charge in [-0.15, -0.1) is 0 Å². The summed E-state index contributed by atoms with van der Waals surface area (Å²) in [4.78, 5) is 83.9. The zero-order valence-electron chi connectivity index (χ0n) is 30.5. The number of imide groups is 2. The number of nitrogens with zero attached hydrogens (tertiary/aromatic N) is 5. The van der Waals surface area contributed by atoms with E-state index in [2.05, 4.69) is 5.43 Å². The molecule has 2 aliphatic carbocycles. The van der Waals surface area contributed by atoms with Crippen molar-refractivity contribution in [3.63, 3.8) is 0 Å². The number of rotatable bonds is 8. The molecule has 0 aromatic heterocycles. The first-order valence-corrected chi connectivity index (χ1v) is 18.0. The van der Waals surface area contributed by atoms with Crippen molar-refractivity contribution in [3.8, 4) is 5.75 Å². The monoisotopic (exact) mass is 756 g/mol. The van der Waals surface area contributed by atoms with Crippen LogP contribution in [0.5, 0.6) is 5.75 Å². The molecule has 8 rings (SSSR count). The van der Waals surface area contributed by atoms with Crippen LogP contribution in [0.2, 0.25) is 0 Å². The molecule has 2 aliphatic heterocycles. The molecular formula is C41H36N6O9. The van der Waals surface area contributed by atoms with E-state index in [4.69, 9.17) is 0 Å². The van der Waals surface area contributed by atoms with Gasteiger partial charge < -0.3 is 10.0 Å². The molecule has 3 fully saturated rings. The Morgan fingerprint density at radius 1 is 0.821 bits per heavy atom. The number of nitrogens with one attached hydrogen (secondary N) is 1. The molecule has 0 bridgehead atoms. The van der Waals surface area contributed by atoms with Crippen molar-refractivity contribution in [2.45, 2.75) is 31.1 Å². The van der Waals surface area contributed by atoms with Crippen LogP contribution in [0.1, 0.15) is 35.4 Å². The van der Waals surface area contributed by atoms with Gasteiger partial charge in [0.2, 0.25) is 11.8 Å². The molecule has 4 aromatic carbocycles. The van der Waals surface area contributed by atoms with E-state index in [1.165, 1.54) is 31.1 Å². The average Bonchev–Trinajstić information content (AvgIpc) is 3.55. The molecule has 0 spiro atoms. The maximum absolute atomic E-state index is 15.2. The van der Waals surface area contributed by atoms with Crippen molar-refractivity contribution < 1.29 is 34.1 Å². The molecule has 0 radical (unpaired) electrons. The van der Waals surface area contributed by atoms with Crippen LogP contribution in [0, 0.1) is 50.8 Å². The predicted molar refractivity (Wildman–Crippen MR) is 203 cm³/mol. The fourth-order valence-electron chi connectivity index (χ4n) is 9.54. The number of nitro groups is 2. The summed E-state index contributed by atoms with van der Waals surface area (Å²) in [7, 11) is 2.83. The number of aromatic hydroxyl groups is 1. The SMILES string of the molecule is Cc1ccc(NN2C(=O)[C@@H]3C[C@@H]4C(=CC[C@@H]5C(=O)N(c6cc([N+](=O)[O-])c(N(C)C)c([N+](=O)[O-])c6)C(=O)[C@@H]54)[C@H](c4cccc(O)c4)[C@]3(c3ccccc3)C2=O)cc1. The summed E-state index contributed by atoms with van der Waals surface area (Å²) in [6, 6.07) is 24.5. The summed E-state index contributed by atoms with van der Waals surface area (Å²) in [5.74, 6) is -7.26. The number of anilines is 3. The number of hydrogen-bond donors (Lipinski definition) is 2. The van der Waals surface area contributed by atoms with E-state index in [-0.39, 0.29) is 30.0 Å². The molecule has 1 saturated carbocycles. The van der Waals surface area contributed by atoms with Crippen LogP contribution in [-0.4, -0.2) is 57.7 Å². The van der Waals surface area contributed by atoms with Gasteiger partial charge in [0.25, 0.3) is 11.8 Å². The lowest BCUT2D eigenvalue weighted by atomic mass is 9.49. The summed E-state index contributed by atoms with van der Waals surface area (Å²) in [5.41, 5.74) is 2.77. The predicted octanol–water partition coefficient (Wildman–Crippen LogP) is 5.77. The molecule has 4 aromatic rings. The van der Waals surface area contributed by atoms with E-state index >= 15 is 4.79 Å². The second-order valence-corrected chi connectivity index (χ2v) is 14.9. The number of carbonyl (C=O) groups is 4. The highest BCUT2D eigenvalue weighted by Gasteiger charge is 2.70. The Morgan fingerprint density at radius 2 is 1.48 bits per heavy atom. The molecule has 2 saturated heterocycles. The molecule has 2 heterocycles. The molecule has 15 nitrogen and oxygen atoms in total. The van der Waals surface area contributed by atoms with Gasteiger partial charge in [-0.2, -0.15) is 5.01 Å². The van der Waals surface area contributed by atoms with Gasteiger partial charge >= 0.3 is 11.4 Å². The van der Waals surface area contributed by atoms with Crippen molar-refractivity contribution >= 4 is 52.1 Å². The normalized spacial score (nSPS) is 25.3. The first-order valence-electron chi connectivity index (χ1n) is 18.0. The zero-order valence-corrected chi connectivity index (χ0v) is 30.5. The first-order chi connectivity index (χ1) is 26.7. The number of benzene rings is 4. The fraction of sp³-hybridized carbons (Fsp3) is 0.268. The number of carbonyl (C=O) groups excluding carboxylic acids is 4. The number of nitro benzene ring substituents is 2. The molecule has 6 atom stereocenters. The van der Waals surface area contributed by atoms with Gasteiger partial charge in [0.05, 0.1) is 44.4 Å². The number of phenols is 1. The highest BCUT2D eigenvalue weighted by Crippen LogP contribution is 2.64. The van der Waals surface area contributed by atoms with Gasteiger partial charge in [0.15, 0.2) is 5.69 Å². The molecule has 56 heavy (non-hydrogen) atoms. The Hall–Kier alpha value is -6.90. The molecule has 4 amide bonds. The first kappa shape index (κ1) is 36.1. The number of phenolic OH excluding ortho intramolecular Hbond substituents is 1. The Balaban J connectivity index is 1.29. The Labute approximate surface area is 320 Å². The van der Waals surface area contributed by atoms with Crippen LogP contribution in [-0.2, 0) is 24.6 Å². The van der Waals surface area contributed by atoms with Crippen LogP contribution >= 0.6 is 0 Å². The van der Waals surface area contributed by atoms with Crippen LogP contribution < -0.4 is 15.2 Å². The second kappa shape index (κ2) is 13.1. The standard InChI is InChI=1S/C41H36N6O9/c1-22-12-14-25(15-13-22)42-45-38(50)31-21-30-28(35(23-8-7-11-27(48)18-23)41(31,40(45)52)24-9-5-4-6-10-24)16-17-29-34(30)39(51)44(37(29)49)26-19-32(46(53)54)36(43(2)3)33(20-26)47(55)56/h4-16,18-20,29-31,34-35,42,48H,17,21H2,1-3H3/t29-,30+,31-,34-,35-,41+/m0/s1. The summed E-state index contributed by atoms with van der Waals surface area (Å²) < 4.78 is 0. The topological polar surface area (TPSA) is 197 Å². The van der Waals surface area contributed by atoms with E-state index in [0.29, 0.717) is 22.4 Å². The highest BCUT2D eigenvalue weighted by molar-refractivity contribution is 6.23. The van der Waals surface area contributed by atoms with Crippen LogP contribution in [0.25, 0.3) is 0 Å². The summed E-state index contributed by atoms with van der Waals surface area (Å²) in [6.07, 6.45) is 1.88. The van der Waals surface area contributed by atoms with Crippen LogP contribution in [0.4, 0.5) is 28.4 Å². The van der Waals surface area contributed by atoms with E-state index < -0.39 is 79.9 Å². The Kier molecular flexibility index (Phi) is 8.47. The molecule has 2 N–H and O–H groups in total. The minimum absolute atomic E-state index is 0.0133. The fourth-order valence-corrected chi connectivity index (χ4v) is 9.54. The highest BCUT2D eigenvalue weighted by atomic mass is 16.6. The summed E-state index contributed by atoms with van der Waals surface area (Å²) in [6.45, 7) is 1.91. The number of amides is 4. The van der Waals surface area contributed by atoms with Gasteiger partial charge in [-0.05, 0) is 61.1 Å². The number of hydrogen-bond acceptors (Lipinski definition) is 11. The third-order valence-electron chi connectivity index (χ3n) is 11.7. The van der Waals surface area contributed by atoms with E-state index in [0.717, 1.165) is 27.6 Å². The third kappa shape index (κ3) is 5.25. The van der Waals surface area contributed by atoms with Crippen LogP contribution in [0.15, 0.2) is 103 Å². The van der Waals surface area contributed by atoms with Crippen molar-refractivity contribution in [3.05, 3.63) is 140 Å². The lowest BCUT2D eigenvalue weighted by Gasteiger charge is -2.50. The molecule has 4 aliphatic rings. The third-order valence-corrected chi connectivity index (χ3v) is 11.7. The van der Waals surface area contributed by atoms with Gasteiger partial charge in [-0.3, -0.25) is 44.8 Å². The molecule has 284 valence electrons. The second-order valence-electron chi connectivity index (χ2n) is 14.9. The average molecular weight is 757 g/mol. The Bertz CT molecular complexity index is 2360. The zero-order chi connectivity index (χ0) is 39.8. The number of allylic oxidation sites excluding steroid dienone is 2. The summed E-state index contributed by atoms with van der Waals surface area (Å²) in [5, 5.41) is 36.2. The maximum atomic E-state index is 15.2. The van der Waals surface area contributed by atoms with Crippen LogP contribution in [0.3, 0.4) is 0 Å². The largest absolute Gasteiger partial charge is 0.508 e. The van der Waals surface area contributed by atoms with E-state index in [1.807, 2.05) is 25.1 Å². The minimum atomic E-state index is -1.55. The van der Waals surface area contributed by atoms with Gasteiger partial charge in [-0.25, -0.2) is 4.90 Å². The van der Waals surface area contributed by atoms with Gasteiger partial charge in [0, 0.05) is 32.1 Å². The minimum Gasteiger partial charge on any atom is -0.508 e. The maximum Gasteiger partial charge on any atom is 0.301 e. The lowest BCUT2D eigenvalue weighted by Crippen LogP contribution is -2.53. The van der Waals surface area contributed by atoms with Gasteiger partial charge in [0.1, 0.15) is 5.75 Å². The van der Waals surface area contributed by atoms with Crippen molar-refractivity contribution in [1.82, 2.24) is 5.01 Å². The Morgan fingerprint density at radius 3 is 2.09 bits per heavy atom. The quantitative estimate of drug-likeness (QED) is 0.0958.